The van der Waals surface area contributed by atoms with Gasteiger partial charge >= 0.3 is 0 Å². The van der Waals surface area contributed by atoms with Crippen molar-refractivity contribution in [3.8, 4) is 5.75 Å². The molecule has 0 saturated heterocycles. The van der Waals surface area contributed by atoms with Crippen LogP contribution in [0.3, 0.4) is 0 Å². The molecule has 0 unspecified atom stereocenters. The van der Waals surface area contributed by atoms with Crippen LogP contribution in [0.15, 0.2) is 22.7 Å². The second kappa shape index (κ2) is 6.81. The molecule has 1 heterocycles. The maximum atomic E-state index is 6.33. The van der Waals surface area contributed by atoms with Crippen LogP contribution in [0.2, 0.25) is 5.02 Å². The largest absolute Gasteiger partial charge is 0.487 e. The van der Waals surface area contributed by atoms with Gasteiger partial charge in [0.1, 0.15) is 12.4 Å². The molecule has 0 aliphatic rings. The first-order valence-corrected chi connectivity index (χ1v) is 7.99. The van der Waals surface area contributed by atoms with E-state index in [-0.39, 0.29) is 6.04 Å². The van der Waals surface area contributed by atoms with Gasteiger partial charge in [-0.05, 0) is 25.5 Å². The van der Waals surface area contributed by atoms with Crippen molar-refractivity contribution in [2.24, 2.45) is 12.8 Å². The number of aryl methyl sites for hydroxylation is 2. The van der Waals surface area contributed by atoms with Crippen LogP contribution in [0.1, 0.15) is 36.8 Å². The third-order valence-corrected chi connectivity index (χ3v) is 4.26. The molecular weight excluding hydrogens is 354 g/mol. The van der Waals surface area contributed by atoms with Gasteiger partial charge in [0, 0.05) is 23.1 Å². The van der Waals surface area contributed by atoms with Gasteiger partial charge in [-0.25, -0.2) is 0 Å². The van der Waals surface area contributed by atoms with E-state index in [9.17, 15) is 0 Å². The first kappa shape index (κ1) is 16.3. The van der Waals surface area contributed by atoms with Crippen molar-refractivity contribution >= 4 is 27.5 Å². The van der Waals surface area contributed by atoms with Crippen molar-refractivity contribution in [3.63, 3.8) is 0 Å². The highest BCUT2D eigenvalue weighted by molar-refractivity contribution is 9.10. The predicted octanol–water partition coefficient (Wildman–Crippen LogP) is 4.00. The number of rotatable bonds is 5. The minimum atomic E-state index is -0.0960. The molecule has 2 rings (SSSR count). The SMILES string of the molecule is CCc1nn(C)c(COc2cc(Br)ccc2[C@@H](C)N)c1Cl. The smallest absolute Gasteiger partial charge is 0.131 e. The van der Waals surface area contributed by atoms with Gasteiger partial charge in [0.15, 0.2) is 0 Å². The highest BCUT2D eigenvalue weighted by Crippen LogP contribution is 2.29. The van der Waals surface area contributed by atoms with E-state index in [0.717, 1.165) is 33.6 Å². The zero-order valence-electron chi connectivity index (χ0n) is 12.4. The number of nitrogens with two attached hydrogens (primary N) is 1. The second-order valence-electron chi connectivity index (χ2n) is 4.94. The molecule has 0 bridgehead atoms. The van der Waals surface area contributed by atoms with Crippen LogP contribution in [-0.2, 0) is 20.1 Å². The maximum absolute atomic E-state index is 6.33. The Morgan fingerprint density at radius 1 is 1.48 bits per heavy atom. The lowest BCUT2D eigenvalue weighted by atomic mass is 10.1. The topological polar surface area (TPSA) is 53.1 Å². The molecule has 0 spiro atoms. The Labute approximate surface area is 138 Å². The van der Waals surface area contributed by atoms with Gasteiger partial charge in [-0.15, -0.1) is 0 Å². The maximum Gasteiger partial charge on any atom is 0.131 e. The van der Waals surface area contributed by atoms with E-state index in [1.165, 1.54) is 0 Å². The third-order valence-electron chi connectivity index (χ3n) is 3.33. The molecular formula is C15H19BrClN3O. The molecule has 4 nitrogen and oxygen atoms in total. The summed E-state index contributed by atoms with van der Waals surface area (Å²) in [6.45, 7) is 4.32. The number of nitrogens with zero attached hydrogens (tertiary/aromatic N) is 2. The van der Waals surface area contributed by atoms with Crippen LogP contribution in [0.4, 0.5) is 0 Å². The third kappa shape index (κ3) is 3.59. The average Bonchev–Trinajstić information content (AvgIpc) is 2.71. The highest BCUT2D eigenvalue weighted by atomic mass is 79.9. The van der Waals surface area contributed by atoms with Crippen molar-refractivity contribution in [2.75, 3.05) is 0 Å². The van der Waals surface area contributed by atoms with Gasteiger partial charge in [-0.3, -0.25) is 4.68 Å². The predicted molar refractivity (Wildman–Crippen MR) is 88.7 cm³/mol. The molecule has 1 aromatic carbocycles. The van der Waals surface area contributed by atoms with E-state index in [1.54, 1.807) is 4.68 Å². The van der Waals surface area contributed by atoms with Crippen molar-refractivity contribution in [3.05, 3.63) is 44.6 Å². The Morgan fingerprint density at radius 3 is 2.76 bits per heavy atom. The summed E-state index contributed by atoms with van der Waals surface area (Å²) in [7, 11) is 1.87. The zero-order chi connectivity index (χ0) is 15.6. The zero-order valence-corrected chi connectivity index (χ0v) is 14.7. The lowest BCUT2D eigenvalue weighted by Crippen LogP contribution is -2.09. The standard InChI is InChI=1S/C15H19BrClN3O/c1-4-12-15(17)13(20(3)19-12)8-21-14-7-10(16)5-6-11(14)9(2)18/h5-7,9H,4,8,18H2,1-3H3/t9-/m1/s1. The molecule has 0 saturated carbocycles. The van der Waals surface area contributed by atoms with Crippen LogP contribution in [0, 0.1) is 0 Å². The molecule has 1 aromatic heterocycles. The molecule has 2 aromatic rings. The number of ether oxygens (including phenoxy) is 1. The molecule has 0 radical (unpaired) electrons. The molecule has 6 heteroatoms. The minimum Gasteiger partial charge on any atom is -0.487 e. The summed E-state index contributed by atoms with van der Waals surface area (Å²) in [4.78, 5) is 0. The van der Waals surface area contributed by atoms with E-state index >= 15 is 0 Å². The van der Waals surface area contributed by atoms with Crippen molar-refractivity contribution in [2.45, 2.75) is 32.9 Å². The molecule has 0 aliphatic heterocycles. The van der Waals surface area contributed by atoms with Crippen molar-refractivity contribution < 1.29 is 4.74 Å². The molecule has 0 aliphatic carbocycles. The summed E-state index contributed by atoms with van der Waals surface area (Å²) >= 11 is 9.78. The number of hydrogen-bond donors (Lipinski definition) is 1. The first-order valence-electron chi connectivity index (χ1n) is 6.82. The molecule has 0 amide bonds. The van der Waals surface area contributed by atoms with Crippen LogP contribution in [0.25, 0.3) is 0 Å². The Hall–Kier alpha value is -1.04. The fourth-order valence-corrected chi connectivity index (χ4v) is 2.82. The van der Waals surface area contributed by atoms with Gasteiger partial charge < -0.3 is 10.5 Å². The summed E-state index contributed by atoms with van der Waals surface area (Å²) in [6, 6.07) is 5.75. The van der Waals surface area contributed by atoms with E-state index in [0.29, 0.717) is 11.6 Å². The molecule has 1 atom stereocenters. The van der Waals surface area contributed by atoms with Gasteiger partial charge in [0.05, 0.1) is 16.4 Å². The van der Waals surface area contributed by atoms with Crippen LogP contribution in [0.5, 0.6) is 5.75 Å². The van der Waals surface area contributed by atoms with Crippen molar-refractivity contribution in [1.82, 2.24) is 9.78 Å². The van der Waals surface area contributed by atoms with Gasteiger partial charge in [0.2, 0.25) is 0 Å². The Bertz CT molecular complexity index is 640. The van der Waals surface area contributed by atoms with Gasteiger partial charge in [-0.2, -0.15) is 5.10 Å². The molecule has 21 heavy (non-hydrogen) atoms. The number of benzene rings is 1. The van der Waals surface area contributed by atoms with Crippen molar-refractivity contribution in [1.29, 1.82) is 0 Å². The lowest BCUT2D eigenvalue weighted by molar-refractivity contribution is 0.290. The average molecular weight is 373 g/mol. The van der Waals surface area contributed by atoms with Gasteiger partial charge in [-0.1, -0.05) is 40.5 Å². The van der Waals surface area contributed by atoms with Crippen LogP contribution in [-0.4, -0.2) is 9.78 Å². The Kier molecular flexibility index (Phi) is 5.30. The summed E-state index contributed by atoms with van der Waals surface area (Å²) < 4.78 is 8.65. The molecule has 2 N–H and O–H groups in total. The molecule has 114 valence electrons. The minimum absolute atomic E-state index is 0.0960. The summed E-state index contributed by atoms with van der Waals surface area (Å²) in [5, 5.41) is 5.06. The number of hydrogen-bond acceptors (Lipinski definition) is 3. The Morgan fingerprint density at radius 2 is 2.19 bits per heavy atom. The first-order chi connectivity index (χ1) is 9.93. The Balaban J connectivity index is 2.24. The quantitative estimate of drug-likeness (QED) is 0.863. The van der Waals surface area contributed by atoms with Gasteiger partial charge in [0.25, 0.3) is 0 Å². The van der Waals surface area contributed by atoms with E-state index in [2.05, 4.69) is 21.0 Å². The summed E-state index contributed by atoms with van der Waals surface area (Å²) in [6.07, 6.45) is 0.800. The fourth-order valence-electron chi connectivity index (χ4n) is 2.13. The molecule has 0 fully saturated rings. The second-order valence-corrected chi connectivity index (χ2v) is 6.24. The summed E-state index contributed by atoms with van der Waals surface area (Å²) in [5.41, 5.74) is 8.70. The van der Waals surface area contributed by atoms with Crippen LogP contribution >= 0.6 is 27.5 Å². The van der Waals surface area contributed by atoms with E-state index in [4.69, 9.17) is 22.1 Å². The number of aromatic nitrogens is 2. The lowest BCUT2D eigenvalue weighted by Gasteiger charge is -2.14. The van der Waals surface area contributed by atoms with E-state index in [1.807, 2.05) is 39.1 Å². The highest BCUT2D eigenvalue weighted by Gasteiger charge is 2.15. The number of halogens is 2. The summed E-state index contributed by atoms with van der Waals surface area (Å²) in [5.74, 6) is 0.759. The normalized spacial score (nSPS) is 12.5. The monoisotopic (exact) mass is 371 g/mol. The fraction of sp³-hybridized carbons (Fsp3) is 0.400. The van der Waals surface area contributed by atoms with Crippen LogP contribution < -0.4 is 10.5 Å². The van der Waals surface area contributed by atoms with E-state index < -0.39 is 0 Å².